The summed E-state index contributed by atoms with van der Waals surface area (Å²) in [6.07, 6.45) is 6.68. The van der Waals surface area contributed by atoms with Gasteiger partial charge in [0.1, 0.15) is 0 Å². The van der Waals surface area contributed by atoms with Crippen molar-refractivity contribution in [3.63, 3.8) is 0 Å². The topological polar surface area (TPSA) is 52.0 Å². The number of hydrogen-bond acceptors (Lipinski definition) is 2. The Balaban J connectivity index is 2.38. The van der Waals surface area contributed by atoms with Gasteiger partial charge in [-0.25, -0.2) is 0 Å². The molecule has 2 aromatic rings. The van der Waals surface area contributed by atoms with Crippen LogP contribution < -0.4 is 11.5 Å². The Hall–Kier alpha value is -2.48. The average Bonchev–Trinajstić information content (AvgIpc) is 2.41. The van der Waals surface area contributed by atoms with E-state index in [2.05, 4.69) is 24.8 Å². The maximum atomic E-state index is 6.02. The van der Waals surface area contributed by atoms with E-state index in [4.69, 9.17) is 11.5 Å². The summed E-state index contributed by atoms with van der Waals surface area (Å²) in [5.41, 5.74) is 16.5. The molecule has 2 nitrogen and oxygen atoms in total. The van der Waals surface area contributed by atoms with Gasteiger partial charge in [-0.1, -0.05) is 48.6 Å². The summed E-state index contributed by atoms with van der Waals surface area (Å²) in [4.78, 5) is 0. The maximum Gasteiger partial charge on any atom is 0.0376 e. The van der Waals surface area contributed by atoms with E-state index in [1.165, 1.54) is 0 Å². The summed E-state index contributed by atoms with van der Waals surface area (Å²) in [7, 11) is 0. The van der Waals surface area contributed by atoms with E-state index in [0.717, 1.165) is 23.1 Å². The molecule has 2 aromatic carbocycles. The van der Waals surface area contributed by atoms with Crippen LogP contribution in [0.15, 0.2) is 55.1 Å². The number of nitrogens with two attached hydrogens (primary N) is 2. The number of nitrogen functional groups attached to an aromatic ring is 2. The summed E-state index contributed by atoms with van der Waals surface area (Å²) < 4.78 is 0. The molecule has 0 aliphatic rings. The van der Waals surface area contributed by atoms with Crippen LogP contribution in [0.25, 0.3) is 12.2 Å². The maximum absolute atomic E-state index is 6.02. The molecule has 0 amide bonds. The van der Waals surface area contributed by atoms with Gasteiger partial charge in [-0.15, -0.1) is 6.58 Å². The highest BCUT2D eigenvalue weighted by Gasteiger charge is 2.04. The highest BCUT2D eigenvalue weighted by Crippen LogP contribution is 2.24. The molecule has 0 heterocycles. The molecule has 0 unspecified atom stereocenters. The van der Waals surface area contributed by atoms with Crippen LogP contribution in [0.2, 0.25) is 0 Å². The van der Waals surface area contributed by atoms with Gasteiger partial charge in [0.2, 0.25) is 0 Å². The second-order valence-electron chi connectivity index (χ2n) is 4.41. The molecule has 0 saturated carbocycles. The minimum absolute atomic E-state index is 0.679. The lowest BCUT2D eigenvalue weighted by Crippen LogP contribution is -1.99. The quantitative estimate of drug-likeness (QED) is 0.493. The lowest BCUT2D eigenvalue weighted by molar-refractivity contribution is 1.27. The van der Waals surface area contributed by atoms with Crippen molar-refractivity contribution in [1.82, 2.24) is 0 Å². The van der Waals surface area contributed by atoms with Crippen LogP contribution in [0.5, 0.6) is 0 Å². The normalized spacial score (nSPS) is 10.7. The zero-order valence-electron chi connectivity index (χ0n) is 10.8. The Morgan fingerprint density at radius 2 is 1.74 bits per heavy atom. The SMILES string of the molecule is C=CCc1c(N)cc(N)cc1C=Cc1ccccc1. The minimum atomic E-state index is 0.679. The van der Waals surface area contributed by atoms with Gasteiger partial charge in [-0.2, -0.15) is 0 Å². The summed E-state index contributed by atoms with van der Waals surface area (Å²) >= 11 is 0. The molecule has 2 rings (SSSR count). The molecule has 0 saturated heterocycles. The van der Waals surface area contributed by atoms with Crippen LogP contribution in [0.3, 0.4) is 0 Å². The Morgan fingerprint density at radius 1 is 1.00 bits per heavy atom. The molecule has 0 fully saturated rings. The first-order chi connectivity index (χ1) is 9.20. The Labute approximate surface area is 114 Å². The van der Waals surface area contributed by atoms with Crippen LogP contribution in [-0.4, -0.2) is 0 Å². The van der Waals surface area contributed by atoms with Crippen molar-refractivity contribution in [3.05, 3.63) is 71.8 Å². The first-order valence-corrected chi connectivity index (χ1v) is 6.22. The predicted octanol–water partition coefficient (Wildman–Crippen LogP) is 3.75. The third-order valence-electron chi connectivity index (χ3n) is 2.94. The Morgan fingerprint density at radius 3 is 2.42 bits per heavy atom. The first-order valence-electron chi connectivity index (χ1n) is 6.22. The standard InChI is InChI=1S/C17H18N2/c1-2-6-16-14(11-15(18)12-17(16)19)10-9-13-7-4-3-5-8-13/h2-5,7-12H,1,6,18-19H2. The molecule has 0 aliphatic heterocycles. The third-order valence-corrected chi connectivity index (χ3v) is 2.94. The molecule has 0 atom stereocenters. The molecular weight excluding hydrogens is 232 g/mol. The fourth-order valence-electron chi connectivity index (χ4n) is 2.02. The van der Waals surface area contributed by atoms with Crippen molar-refractivity contribution in [1.29, 1.82) is 0 Å². The van der Waals surface area contributed by atoms with Crippen LogP contribution in [0, 0.1) is 0 Å². The van der Waals surface area contributed by atoms with E-state index in [0.29, 0.717) is 11.4 Å². The highest BCUT2D eigenvalue weighted by atomic mass is 14.6. The summed E-state index contributed by atoms with van der Waals surface area (Å²) in [5, 5.41) is 0. The van der Waals surface area contributed by atoms with Gasteiger partial charge in [0.05, 0.1) is 0 Å². The molecule has 0 aliphatic carbocycles. The van der Waals surface area contributed by atoms with Gasteiger partial charge in [-0.05, 0) is 35.2 Å². The van der Waals surface area contributed by atoms with E-state index >= 15 is 0 Å². The number of allylic oxidation sites excluding steroid dienone is 1. The zero-order chi connectivity index (χ0) is 13.7. The van der Waals surface area contributed by atoms with Crippen molar-refractivity contribution in [2.45, 2.75) is 6.42 Å². The van der Waals surface area contributed by atoms with Crippen molar-refractivity contribution >= 4 is 23.5 Å². The second-order valence-corrected chi connectivity index (χ2v) is 4.41. The highest BCUT2D eigenvalue weighted by molar-refractivity contribution is 5.76. The molecule has 0 aromatic heterocycles. The summed E-state index contributed by atoms with van der Waals surface area (Å²) in [6.45, 7) is 3.77. The number of hydrogen-bond donors (Lipinski definition) is 2. The molecule has 19 heavy (non-hydrogen) atoms. The fourth-order valence-corrected chi connectivity index (χ4v) is 2.02. The molecule has 0 bridgehead atoms. The summed E-state index contributed by atoms with van der Waals surface area (Å²) in [5.74, 6) is 0. The van der Waals surface area contributed by atoms with Crippen LogP contribution in [0.4, 0.5) is 11.4 Å². The fraction of sp³-hybridized carbons (Fsp3) is 0.0588. The van der Waals surface area contributed by atoms with Gasteiger partial charge >= 0.3 is 0 Å². The number of benzene rings is 2. The number of anilines is 2. The second kappa shape index (κ2) is 5.91. The van der Waals surface area contributed by atoms with Gasteiger partial charge in [0.25, 0.3) is 0 Å². The van der Waals surface area contributed by atoms with Crippen LogP contribution in [0.1, 0.15) is 16.7 Å². The van der Waals surface area contributed by atoms with Crippen molar-refractivity contribution in [2.75, 3.05) is 11.5 Å². The van der Waals surface area contributed by atoms with Gasteiger partial charge in [0, 0.05) is 11.4 Å². The van der Waals surface area contributed by atoms with Gasteiger partial charge in [0.15, 0.2) is 0 Å². The molecule has 96 valence electrons. The smallest absolute Gasteiger partial charge is 0.0376 e. The van der Waals surface area contributed by atoms with Crippen LogP contribution in [-0.2, 0) is 6.42 Å². The first kappa shape index (κ1) is 13.0. The zero-order valence-corrected chi connectivity index (χ0v) is 10.8. The summed E-state index contributed by atoms with van der Waals surface area (Å²) in [6, 6.07) is 13.9. The van der Waals surface area contributed by atoms with Crippen LogP contribution >= 0.6 is 0 Å². The monoisotopic (exact) mass is 250 g/mol. The Bertz CT molecular complexity index is 598. The molecule has 4 N–H and O–H groups in total. The minimum Gasteiger partial charge on any atom is -0.399 e. The largest absolute Gasteiger partial charge is 0.399 e. The van der Waals surface area contributed by atoms with E-state index in [1.807, 2.05) is 36.4 Å². The van der Waals surface area contributed by atoms with Crippen molar-refractivity contribution < 1.29 is 0 Å². The lowest BCUT2D eigenvalue weighted by Gasteiger charge is -2.09. The lowest BCUT2D eigenvalue weighted by atomic mass is 10.00. The van der Waals surface area contributed by atoms with E-state index in [9.17, 15) is 0 Å². The predicted molar refractivity (Wildman–Crippen MR) is 84.5 cm³/mol. The van der Waals surface area contributed by atoms with E-state index < -0.39 is 0 Å². The van der Waals surface area contributed by atoms with E-state index in [-0.39, 0.29) is 0 Å². The molecule has 0 radical (unpaired) electrons. The Kier molecular flexibility index (Phi) is 4.04. The van der Waals surface area contributed by atoms with Crippen molar-refractivity contribution in [3.8, 4) is 0 Å². The number of rotatable bonds is 4. The van der Waals surface area contributed by atoms with Gasteiger partial charge < -0.3 is 11.5 Å². The molecular formula is C17H18N2. The molecule has 2 heteroatoms. The molecule has 0 spiro atoms. The van der Waals surface area contributed by atoms with E-state index in [1.54, 1.807) is 6.07 Å². The third kappa shape index (κ3) is 3.26. The van der Waals surface area contributed by atoms with Crippen molar-refractivity contribution in [2.24, 2.45) is 0 Å². The average molecular weight is 250 g/mol. The van der Waals surface area contributed by atoms with Gasteiger partial charge in [-0.3, -0.25) is 0 Å².